The van der Waals surface area contributed by atoms with E-state index in [0.29, 0.717) is 31.0 Å². The third-order valence-corrected chi connectivity index (χ3v) is 2.53. The monoisotopic (exact) mass is 277 g/mol. The number of pyridine rings is 1. The van der Waals surface area contributed by atoms with Gasteiger partial charge in [-0.05, 0) is 31.6 Å². The van der Waals surface area contributed by atoms with Gasteiger partial charge in [0.25, 0.3) is 5.91 Å². The van der Waals surface area contributed by atoms with Gasteiger partial charge in [0.2, 0.25) is 0 Å². The van der Waals surface area contributed by atoms with Gasteiger partial charge in [0.15, 0.2) is 0 Å². The third-order valence-electron chi connectivity index (χ3n) is 2.53. The SMILES string of the molecule is C=Cc1nc(C(=O)NCCCC(=O)OCC)ccc1N. The zero-order valence-electron chi connectivity index (χ0n) is 11.5. The van der Waals surface area contributed by atoms with Crippen LogP contribution in [0.15, 0.2) is 18.7 Å². The van der Waals surface area contributed by atoms with E-state index in [1.54, 1.807) is 19.1 Å². The molecule has 3 N–H and O–H groups in total. The first-order valence-electron chi connectivity index (χ1n) is 6.41. The molecule has 108 valence electrons. The quantitative estimate of drug-likeness (QED) is 0.580. The summed E-state index contributed by atoms with van der Waals surface area (Å²) in [5, 5.41) is 2.68. The number of hydrogen-bond acceptors (Lipinski definition) is 5. The summed E-state index contributed by atoms with van der Waals surface area (Å²) < 4.78 is 4.79. The van der Waals surface area contributed by atoms with Gasteiger partial charge in [0.05, 0.1) is 18.0 Å². The van der Waals surface area contributed by atoms with Gasteiger partial charge in [-0.25, -0.2) is 4.98 Å². The van der Waals surface area contributed by atoms with Crippen molar-refractivity contribution in [3.63, 3.8) is 0 Å². The summed E-state index contributed by atoms with van der Waals surface area (Å²) in [5.41, 5.74) is 6.88. The van der Waals surface area contributed by atoms with E-state index < -0.39 is 0 Å². The number of nitrogens with one attached hydrogen (secondary N) is 1. The molecule has 0 spiro atoms. The van der Waals surface area contributed by atoms with E-state index in [9.17, 15) is 9.59 Å². The molecule has 6 nitrogen and oxygen atoms in total. The molecule has 0 fully saturated rings. The number of aromatic nitrogens is 1. The molecule has 0 aromatic carbocycles. The summed E-state index contributed by atoms with van der Waals surface area (Å²) in [4.78, 5) is 27.0. The Kier molecular flexibility index (Phi) is 6.22. The van der Waals surface area contributed by atoms with Crippen molar-refractivity contribution in [2.75, 3.05) is 18.9 Å². The fourth-order valence-electron chi connectivity index (χ4n) is 1.53. The molecule has 0 aliphatic rings. The molecule has 6 heteroatoms. The number of nitrogen functional groups attached to an aromatic ring is 1. The van der Waals surface area contributed by atoms with E-state index in [1.807, 2.05) is 0 Å². The van der Waals surface area contributed by atoms with Crippen LogP contribution in [-0.4, -0.2) is 30.0 Å². The number of hydrogen-bond donors (Lipinski definition) is 2. The molecule has 20 heavy (non-hydrogen) atoms. The average molecular weight is 277 g/mol. The average Bonchev–Trinajstić information content (AvgIpc) is 2.44. The van der Waals surface area contributed by atoms with Gasteiger partial charge >= 0.3 is 5.97 Å². The number of amides is 1. The molecule has 0 aliphatic heterocycles. The van der Waals surface area contributed by atoms with E-state index in [-0.39, 0.29) is 24.0 Å². The first-order chi connectivity index (χ1) is 9.58. The lowest BCUT2D eigenvalue weighted by Gasteiger charge is -2.06. The van der Waals surface area contributed by atoms with Crippen molar-refractivity contribution in [2.24, 2.45) is 0 Å². The zero-order valence-corrected chi connectivity index (χ0v) is 11.5. The van der Waals surface area contributed by atoms with Gasteiger partial charge in [0, 0.05) is 13.0 Å². The van der Waals surface area contributed by atoms with Gasteiger partial charge in [0.1, 0.15) is 5.69 Å². The number of rotatable bonds is 7. The molecule has 0 atom stereocenters. The van der Waals surface area contributed by atoms with Crippen LogP contribution in [0.25, 0.3) is 6.08 Å². The maximum absolute atomic E-state index is 11.8. The Morgan fingerprint density at radius 1 is 1.50 bits per heavy atom. The summed E-state index contributed by atoms with van der Waals surface area (Å²) in [6.45, 7) is 6.08. The first kappa shape index (κ1) is 15.7. The highest BCUT2D eigenvalue weighted by Crippen LogP contribution is 2.10. The Bertz CT molecular complexity index is 500. The van der Waals surface area contributed by atoms with E-state index in [2.05, 4.69) is 16.9 Å². The van der Waals surface area contributed by atoms with Crippen molar-refractivity contribution in [3.8, 4) is 0 Å². The highest BCUT2D eigenvalue weighted by Gasteiger charge is 2.09. The molecule has 1 aromatic rings. The molecule has 0 radical (unpaired) electrons. The van der Waals surface area contributed by atoms with Crippen LogP contribution in [0.4, 0.5) is 5.69 Å². The largest absolute Gasteiger partial charge is 0.466 e. The Morgan fingerprint density at radius 3 is 2.90 bits per heavy atom. The minimum atomic E-state index is -0.308. The van der Waals surface area contributed by atoms with Crippen LogP contribution in [-0.2, 0) is 9.53 Å². The number of nitrogens with two attached hydrogens (primary N) is 1. The van der Waals surface area contributed by atoms with Crippen molar-refractivity contribution in [3.05, 3.63) is 30.1 Å². The molecular weight excluding hydrogens is 258 g/mol. The lowest BCUT2D eigenvalue weighted by molar-refractivity contribution is -0.143. The van der Waals surface area contributed by atoms with Crippen LogP contribution in [0.2, 0.25) is 0 Å². The summed E-state index contributed by atoms with van der Waals surface area (Å²) in [7, 11) is 0. The van der Waals surface area contributed by atoms with Crippen LogP contribution >= 0.6 is 0 Å². The molecule has 1 amide bonds. The van der Waals surface area contributed by atoms with Crippen molar-refractivity contribution in [1.82, 2.24) is 10.3 Å². The van der Waals surface area contributed by atoms with Crippen molar-refractivity contribution < 1.29 is 14.3 Å². The third kappa shape index (κ3) is 4.72. The molecular formula is C14H19N3O3. The molecule has 0 bridgehead atoms. The number of carbonyl (C=O) groups is 2. The molecule has 0 aliphatic carbocycles. The smallest absolute Gasteiger partial charge is 0.305 e. The van der Waals surface area contributed by atoms with Crippen molar-refractivity contribution in [1.29, 1.82) is 0 Å². The lowest BCUT2D eigenvalue weighted by Crippen LogP contribution is -2.26. The number of esters is 1. The van der Waals surface area contributed by atoms with Gasteiger partial charge in [-0.3, -0.25) is 9.59 Å². The maximum atomic E-state index is 11.8. The molecule has 0 saturated carbocycles. The second-order valence-electron chi connectivity index (χ2n) is 4.04. The van der Waals surface area contributed by atoms with Crippen LogP contribution in [0, 0.1) is 0 Å². The fraction of sp³-hybridized carbons (Fsp3) is 0.357. The second-order valence-corrected chi connectivity index (χ2v) is 4.04. The zero-order chi connectivity index (χ0) is 15.0. The van der Waals surface area contributed by atoms with Crippen LogP contribution < -0.4 is 11.1 Å². The summed E-state index contributed by atoms with van der Waals surface area (Å²) in [6.07, 6.45) is 2.29. The van der Waals surface area contributed by atoms with Crippen LogP contribution in [0.1, 0.15) is 35.9 Å². The van der Waals surface area contributed by atoms with Crippen LogP contribution in [0.3, 0.4) is 0 Å². The number of carbonyl (C=O) groups excluding carboxylic acids is 2. The number of nitrogens with zero attached hydrogens (tertiary/aromatic N) is 1. The Morgan fingerprint density at radius 2 is 2.25 bits per heavy atom. The minimum absolute atomic E-state index is 0.263. The fourth-order valence-corrected chi connectivity index (χ4v) is 1.53. The Balaban J connectivity index is 2.43. The van der Waals surface area contributed by atoms with Gasteiger partial charge < -0.3 is 15.8 Å². The Labute approximate surface area is 118 Å². The normalized spacial score (nSPS) is 9.85. The van der Waals surface area contributed by atoms with Gasteiger partial charge in [-0.15, -0.1) is 0 Å². The maximum Gasteiger partial charge on any atom is 0.305 e. The van der Waals surface area contributed by atoms with Gasteiger partial charge in [-0.2, -0.15) is 0 Å². The standard InChI is InChI=1S/C14H19N3O3/c1-3-11-10(15)7-8-12(17-11)14(19)16-9-5-6-13(18)20-4-2/h3,7-8H,1,4-6,9,15H2,2H3,(H,16,19). The van der Waals surface area contributed by atoms with Gasteiger partial charge in [-0.1, -0.05) is 6.58 Å². The number of anilines is 1. The lowest BCUT2D eigenvalue weighted by atomic mass is 10.2. The van der Waals surface area contributed by atoms with Crippen molar-refractivity contribution >= 4 is 23.6 Å². The molecule has 1 heterocycles. The second kappa shape index (κ2) is 7.93. The highest BCUT2D eigenvalue weighted by atomic mass is 16.5. The predicted octanol–water partition coefficient (Wildman–Crippen LogP) is 1.38. The van der Waals surface area contributed by atoms with Crippen LogP contribution in [0.5, 0.6) is 0 Å². The van der Waals surface area contributed by atoms with E-state index in [4.69, 9.17) is 10.5 Å². The molecule has 0 saturated heterocycles. The Hall–Kier alpha value is -2.37. The topological polar surface area (TPSA) is 94.3 Å². The highest BCUT2D eigenvalue weighted by molar-refractivity contribution is 5.92. The molecule has 0 unspecified atom stereocenters. The minimum Gasteiger partial charge on any atom is -0.466 e. The van der Waals surface area contributed by atoms with E-state index >= 15 is 0 Å². The predicted molar refractivity (Wildman–Crippen MR) is 76.9 cm³/mol. The molecule has 1 aromatic heterocycles. The molecule has 1 rings (SSSR count). The summed E-state index contributed by atoms with van der Waals surface area (Å²) >= 11 is 0. The first-order valence-corrected chi connectivity index (χ1v) is 6.41. The number of ether oxygens (including phenoxy) is 1. The summed E-state index contributed by atoms with van der Waals surface area (Å²) in [5.74, 6) is -0.571. The summed E-state index contributed by atoms with van der Waals surface area (Å²) in [6, 6.07) is 3.15. The van der Waals surface area contributed by atoms with E-state index in [1.165, 1.54) is 6.08 Å². The van der Waals surface area contributed by atoms with E-state index in [0.717, 1.165) is 0 Å². The van der Waals surface area contributed by atoms with Crippen molar-refractivity contribution in [2.45, 2.75) is 19.8 Å².